The smallest absolute Gasteiger partial charge is 0.343 e. The molecular weight excluding hydrogens is 448 g/mol. The fourth-order valence-electron chi connectivity index (χ4n) is 2.34. The van der Waals surface area contributed by atoms with E-state index in [4.69, 9.17) is 28.6 Å². The third-order valence-corrected chi connectivity index (χ3v) is 5.43. The number of hydrogen-bond acceptors (Lipinski definition) is 7. The summed E-state index contributed by atoms with van der Waals surface area (Å²) >= 11 is 12.1. The number of rotatable bonds is 6. The number of benzene rings is 2. The quantitative estimate of drug-likeness (QED) is 0.400. The zero-order chi connectivity index (χ0) is 21.7. The number of carbonyl (C=O) groups excluding carboxylic acids is 3. The van der Waals surface area contributed by atoms with Crippen LogP contribution in [0.3, 0.4) is 0 Å². The van der Waals surface area contributed by atoms with Crippen molar-refractivity contribution >= 4 is 63.8 Å². The van der Waals surface area contributed by atoms with E-state index in [1.54, 1.807) is 54.6 Å². The van der Waals surface area contributed by atoms with Gasteiger partial charge in [0.15, 0.2) is 10.9 Å². The highest BCUT2D eigenvalue weighted by Gasteiger charge is 2.33. The molecule has 1 N–H and O–H groups in total. The van der Waals surface area contributed by atoms with E-state index in [0.717, 1.165) is 22.3 Å². The molecule has 0 bridgehead atoms. The zero-order valence-electron chi connectivity index (χ0n) is 15.6. The second kappa shape index (κ2) is 9.75. The molecule has 30 heavy (non-hydrogen) atoms. The summed E-state index contributed by atoms with van der Waals surface area (Å²) < 4.78 is 10.0. The molecule has 7 nitrogen and oxygen atoms in total. The fraction of sp³-hybridized carbons (Fsp3) is 0.100. The van der Waals surface area contributed by atoms with Gasteiger partial charge in [-0.25, -0.2) is 4.79 Å². The maximum atomic E-state index is 12.7. The van der Waals surface area contributed by atoms with Gasteiger partial charge in [-0.3, -0.25) is 15.0 Å². The summed E-state index contributed by atoms with van der Waals surface area (Å²) in [5.41, 5.74) is 3.58. The van der Waals surface area contributed by atoms with Gasteiger partial charge in [-0.1, -0.05) is 35.5 Å². The third-order valence-electron chi connectivity index (χ3n) is 3.88. The lowest BCUT2D eigenvalue weighted by Crippen LogP contribution is -2.44. The highest BCUT2D eigenvalue weighted by molar-refractivity contribution is 8.26. The van der Waals surface area contributed by atoms with Crippen LogP contribution in [0, 0.1) is 0 Å². The Bertz CT molecular complexity index is 1020. The minimum atomic E-state index is -0.483. The molecule has 1 fully saturated rings. The lowest BCUT2D eigenvalue weighted by Gasteiger charge is -2.15. The topological polar surface area (TPSA) is 84.9 Å². The van der Waals surface area contributed by atoms with Crippen LogP contribution in [0.25, 0.3) is 6.08 Å². The molecule has 0 radical (unpaired) electrons. The Morgan fingerprint density at radius 1 is 1.17 bits per heavy atom. The average molecular weight is 463 g/mol. The van der Waals surface area contributed by atoms with Crippen molar-refractivity contribution in [3.8, 4) is 5.75 Å². The molecule has 154 valence electrons. The third kappa shape index (κ3) is 5.38. The van der Waals surface area contributed by atoms with E-state index in [2.05, 4.69) is 10.2 Å². The van der Waals surface area contributed by atoms with E-state index in [9.17, 15) is 14.4 Å². The van der Waals surface area contributed by atoms with E-state index in [1.165, 1.54) is 7.11 Å². The van der Waals surface area contributed by atoms with Gasteiger partial charge in [-0.2, -0.15) is 5.01 Å². The molecule has 0 unspecified atom stereocenters. The molecule has 0 atom stereocenters. The molecule has 2 aromatic rings. The average Bonchev–Trinajstić information content (AvgIpc) is 3.00. The first-order valence-electron chi connectivity index (χ1n) is 8.51. The number of nitrogens with zero attached hydrogens (tertiary/aromatic N) is 1. The van der Waals surface area contributed by atoms with Gasteiger partial charge in [-0.05, 0) is 60.3 Å². The van der Waals surface area contributed by atoms with Gasteiger partial charge in [-0.15, -0.1) is 0 Å². The maximum absolute atomic E-state index is 12.7. The number of halogens is 1. The molecule has 0 spiro atoms. The number of hydrazine groups is 1. The number of carbonyl (C=O) groups is 3. The number of thioether (sulfide) groups is 1. The first-order valence-corrected chi connectivity index (χ1v) is 10.1. The minimum Gasteiger partial charge on any atom is -0.482 e. The molecule has 1 saturated heterocycles. The van der Waals surface area contributed by atoms with Gasteiger partial charge in [0.05, 0.1) is 12.0 Å². The van der Waals surface area contributed by atoms with E-state index in [0.29, 0.717) is 21.2 Å². The first kappa shape index (κ1) is 21.8. The van der Waals surface area contributed by atoms with Gasteiger partial charge in [0.25, 0.3) is 11.8 Å². The van der Waals surface area contributed by atoms with Crippen LogP contribution in [0.5, 0.6) is 5.75 Å². The normalized spacial score (nSPS) is 14.7. The highest BCUT2D eigenvalue weighted by atomic mass is 35.5. The van der Waals surface area contributed by atoms with Crippen LogP contribution in [0.1, 0.15) is 15.9 Å². The molecule has 0 saturated carbocycles. The molecule has 1 heterocycles. The summed E-state index contributed by atoms with van der Waals surface area (Å²) in [6.07, 6.45) is 1.65. The Morgan fingerprint density at radius 2 is 1.83 bits per heavy atom. The largest absolute Gasteiger partial charge is 0.482 e. The molecule has 0 aliphatic carbocycles. The Morgan fingerprint density at radius 3 is 2.47 bits per heavy atom. The Labute approximate surface area is 186 Å². The number of amides is 2. The van der Waals surface area contributed by atoms with Crippen LogP contribution in [0.15, 0.2) is 53.4 Å². The van der Waals surface area contributed by atoms with Gasteiger partial charge in [0.1, 0.15) is 5.75 Å². The van der Waals surface area contributed by atoms with Crippen molar-refractivity contribution in [3.63, 3.8) is 0 Å². The van der Waals surface area contributed by atoms with Crippen LogP contribution in [-0.4, -0.2) is 40.8 Å². The van der Waals surface area contributed by atoms with Crippen LogP contribution in [0.4, 0.5) is 0 Å². The second-order valence-electron chi connectivity index (χ2n) is 5.90. The van der Waals surface area contributed by atoms with Gasteiger partial charge >= 0.3 is 5.97 Å². The van der Waals surface area contributed by atoms with E-state index >= 15 is 0 Å². The molecule has 1 aliphatic rings. The summed E-state index contributed by atoms with van der Waals surface area (Å²) in [6, 6.07) is 13.1. The minimum absolute atomic E-state index is 0.193. The number of ether oxygens (including phenoxy) is 2. The van der Waals surface area contributed by atoms with Crippen LogP contribution in [-0.2, 0) is 14.3 Å². The molecule has 2 aromatic carbocycles. The van der Waals surface area contributed by atoms with Crippen molar-refractivity contribution in [1.82, 2.24) is 10.4 Å². The number of esters is 1. The van der Waals surface area contributed by atoms with Crippen molar-refractivity contribution in [2.45, 2.75) is 0 Å². The van der Waals surface area contributed by atoms with E-state index in [1.807, 2.05) is 0 Å². The number of thiocarbonyl (C=S) groups is 1. The van der Waals surface area contributed by atoms with Crippen LogP contribution in [0.2, 0.25) is 5.02 Å². The first-order chi connectivity index (χ1) is 14.4. The van der Waals surface area contributed by atoms with Gasteiger partial charge in [0.2, 0.25) is 0 Å². The lowest BCUT2D eigenvalue weighted by molar-refractivity contribution is -0.142. The highest BCUT2D eigenvalue weighted by Crippen LogP contribution is 2.31. The Hall–Kier alpha value is -2.88. The molecule has 3 rings (SSSR count). The molecule has 10 heteroatoms. The van der Waals surface area contributed by atoms with Gasteiger partial charge < -0.3 is 9.47 Å². The summed E-state index contributed by atoms with van der Waals surface area (Å²) in [5, 5.41) is 1.54. The number of hydrogen-bond donors (Lipinski definition) is 1. The monoisotopic (exact) mass is 462 g/mol. The van der Waals surface area contributed by atoms with Crippen LogP contribution >= 0.6 is 35.6 Å². The zero-order valence-corrected chi connectivity index (χ0v) is 18.0. The molecule has 0 aromatic heterocycles. The van der Waals surface area contributed by atoms with E-state index < -0.39 is 17.8 Å². The molecule has 1 aliphatic heterocycles. The van der Waals surface area contributed by atoms with Crippen LogP contribution < -0.4 is 10.2 Å². The number of methoxy groups -OCH3 is 1. The standard InChI is InChI=1S/C20H15ClN2O5S2/c1-27-17(24)11-28-15-8-2-12(3-9-15)10-16-19(26)23(20(29)30-16)22-18(25)13-4-6-14(21)7-5-13/h2-10H,11H2,1H3,(H,22,25)/b16-10-. The second-order valence-corrected chi connectivity index (χ2v) is 8.01. The molecular formula is C20H15ClN2O5S2. The van der Waals surface area contributed by atoms with Crippen molar-refractivity contribution in [3.05, 3.63) is 69.6 Å². The van der Waals surface area contributed by atoms with Crippen molar-refractivity contribution < 1.29 is 23.9 Å². The Kier molecular flexibility index (Phi) is 7.09. The predicted molar refractivity (Wildman–Crippen MR) is 118 cm³/mol. The Balaban J connectivity index is 1.66. The SMILES string of the molecule is COC(=O)COc1ccc(/C=C2\SC(=S)N(NC(=O)c3ccc(Cl)cc3)C2=O)cc1. The summed E-state index contributed by atoms with van der Waals surface area (Å²) in [7, 11) is 1.28. The van der Waals surface area contributed by atoms with Crippen molar-refractivity contribution in [2.24, 2.45) is 0 Å². The van der Waals surface area contributed by atoms with Crippen molar-refractivity contribution in [2.75, 3.05) is 13.7 Å². The van der Waals surface area contributed by atoms with E-state index in [-0.39, 0.29) is 10.9 Å². The summed E-state index contributed by atoms with van der Waals surface area (Å²) in [5.74, 6) is -0.904. The number of nitrogens with one attached hydrogen (secondary N) is 1. The summed E-state index contributed by atoms with van der Waals surface area (Å²) in [6.45, 7) is -0.193. The maximum Gasteiger partial charge on any atom is 0.343 e. The molecule has 2 amide bonds. The van der Waals surface area contributed by atoms with Crippen molar-refractivity contribution in [1.29, 1.82) is 0 Å². The lowest BCUT2D eigenvalue weighted by atomic mass is 10.2. The fourth-order valence-corrected chi connectivity index (χ4v) is 3.65. The predicted octanol–water partition coefficient (Wildman–Crippen LogP) is 3.44. The van der Waals surface area contributed by atoms with Gasteiger partial charge in [0, 0.05) is 10.6 Å². The summed E-state index contributed by atoms with van der Waals surface area (Å²) in [4.78, 5) is 36.5.